The van der Waals surface area contributed by atoms with Crippen molar-refractivity contribution in [1.82, 2.24) is 5.32 Å². The molecule has 1 amide bonds. The van der Waals surface area contributed by atoms with Gasteiger partial charge in [-0.05, 0) is 42.8 Å². The van der Waals surface area contributed by atoms with Crippen LogP contribution in [0.25, 0.3) is 0 Å². The van der Waals surface area contributed by atoms with E-state index in [-0.39, 0.29) is 5.91 Å². The molecule has 0 spiro atoms. The molecule has 2 rings (SSSR count). The lowest BCUT2D eigenvalue weighted by Gasteiger charge is -2.11. The first-order chi connectivity index (χ1) is 11.6. The van der Waals surface area contributed by atoms with Crippen LogP contribution in [0, 0.1) is 0 Å². The fourth-order valence-electron chi connectivity index (χ4n) is 2.16. The SMILES string of the molecule is CCCCNC(=O)c1ccccc1/N=N/c1ccc(N(C)C)cc1. The summed E-state index contributed by atoms with van der Waals surface area (Å²) in [6.07, 6.45) is 2.01. The van der Waals surface area contributed by atoms with E-state index in [9.17, 15) is 4.79 Å². The first-order valence-electron chi connectivity index (χ1n) is 8.18. The minimum absolute atomic E-state index is 0.110. The number of rotatable bonds is 7. The molecule has 0 radical (unpaired) electrons. The van der Waals surface area contributed by atoms with Crippen LogP contribution in [0.3, 0.4) is 0 Å². The predicted molar refractivity (Wildman–Crippen MR) is 98.6 cm³/mol. The zero-order chi connectivity index (χ0) is 17.4. The number of carbonyl (C=O) groups is 1. The van der Waals surface area contributed by atoms with Gasteiger partial charge in [0, 0.05) is 26.3 Å². The topological polar surface area (TPSA) is 57.1 Å². The number of nitrogens with one attached hydrogen (secondary N) is 1. The second-order valence-corrected chi connectivity index (χ2v) is 5.74. The van der Waals surface area contributed by atoms with Gasteiger partial charge < -0.3 is 10.2 Å². The van der Waals surface area contributed by atoms with Crippen LogP contribution in [-0.2, 0) is 0 Å². The number of hydrogen-bond donors (Lipinski definition) is 1. The molecule has 0 unspecified atom stereocenters. The van der Waals surface area contributed by atoms with Crippen molar-refractivity contribution in [3.05, 3.63) is 54.1 Å². The number of carbonyl (C=O) groups excluding carboxylic acids is 1. The van der Waals surface area contributed by atoms with Gasteiger partial charge in [0.1, 0.15) is 0 Å². The minimum Gasteiger partial charge on any atom is -0.378 e. The predicted octanol–water partition coefficient (Wildman–Crippen LogP) is 4.70. The van der Waals surface area contributed by atoms with Crippen LogP contribution in [-0.4, -0.2) is 26.5 Å². The summed E-state index contributed by atoms with van der Waals surface area (Å²) in [6.45, 7) is 2.77. The zero-order valence-electron chi connectivity index (χ0n) is 14.5. The van der Waals surface area contributed by atoms with Crippen LogP contribution < -0.4 is 10.2 Å². The van der Waals surface area contributed by atoms with Crippen molar-refractivity contribution in [3.63, 3.8) is 0 Å². The lowest BCUT2D eigenvalue weighted by atomic mass is 10.1. The molecule has 0 atom stereocenters. The maximum absolute atomic E-state index is 12.3. The highest BCUT2D eigenvalue weighted by Crippen LogP contribution is 2.23. The van der Waals surface area contributed by atoms with E-state index in [4.69, 9.17) is 0 Å². The summed E-state index contributed by atoms with van der Waals surface area (Å²) in [7, 11) is 3.98. The van der Waals surface area contributed by atoms with Crippen LogP contribution in [0.1, 0.15) is 30.1 Å². The molecule has 5 nitrogen and oxygen atoms in total. The van der Waals surface area contributed by atoms with Gasteiger partial charge in [-0.25, -0.2) is 0 Å². The third kappa shape index (κ3) is 4.91. The molecular formula is C19H24N4O. The molecule has 0 saturated carbocycles. The molecule has 0 fully saturated rings. The molecule has 2 aromatic rings. The Labute approximate surface area is 143 Å². The van der Waals surface area contributed by atoms with E-state index >= 15 is 0 Å². The van der Waals surface area contributed by atoms with Crippen molar-refractivity contribution in [2.24, 2.45) is 10.2 Å². The maximum atomic E-state index is 12.3. The molecule has 0 aliphatic carbocycles. The fraction of sp³-hybridized carbons (Fsp3) is 0.316. The minimum atomic E-state index is -0.110. The lowest BCUT2D eigenvalue weighted by molar-refractivity contribution is 0.0954. The summed E-state index contributed by atoms with van der Waals surface area (Å²) in [4.78, 5) is 14.3. The summed E-state index contributed by atoms with van der Waals surface area (Å²) in [5.74, 6) is -0.110. The number of azo groups is 1. The van der Waals surface area contributed by atoms with E-state index in [2.05, 4.69) is 22.5 Å². The third-order valence-electron chi connectivity index (χ3n) is 3.60. The smallest absolute Gasteiger partial charge is 0.253 e. The second kappa shape index (κ2) is 8.82. The maximum Gasteiger partial charge on any atom is 0.253 e. The number of benzene rings is 2. The largest absolute Gasteiger partial charge is 0.378 e. The average molecular weight is 324 g/mol. The van der Waals surface area contributed by atoms with E-state index < -0.39 is 0 Å². The van der Waals surface area contributed by atoms with E-state index in [0.29, 0.717) is 17.8 Å². The summed E-state index contributed by atoms with van der Waals surface area (Å²) >= 11 is 0. The summed E-state index contributed by atoms with van der Waals surface area (Å²) in [6, 6.07) is 15.0. The lowest BCUT2D eigenvalue weighted by Crippen LogP contribution is -2.24. The van der Waals surface area contributed by atoms with Gasteiger partial charge in [-0.15, -0.1) is 5.11 Å². The fourth-order valence-corrected chi connectivity index (χ4v) is 2.16. The van der Waals surface area contributed by atoms with Gasteiger partial charge in [0.05, 0.1) is 16.9 Å². The highest BCUT2D eigenvalue weighted by molar-refractivity contribution is 5.98. The van der Waals surface area contributed by atoms with Crippen LogP contribution >= 0.6 is 0 Å². The van der Waals surface area contributed by atoms with Crippen molar-refractivity contribution >= 4 is 23.0 Å². The van der Waals surface area contributed by atoms with Crippen LogP contribution in [0.4, 0.5) is 17.1 Å². The Bertz CT molecular complexity index is 693. The molecule has 0 heterocycles. The first kappa shape index (κ1) is 17.7. The molecule has 2 aromatic carbocycles. The molecule has 1 N–H and O–H groups in total. The van der Waals surface area contributed by atoms with E-state index in [0.717, 1.165) is 24.2 Å². The van der Waals surface area contributed by atoms with Gasteiger partial charge in [0.25, 0.3) is 5.91 Å². The molecule has 0 aliphatic rings. The van der Waals surface area contributed by atoms with Crippen LogP contribution in [0.15, 0.2) is 58.8 Å². The number of nitrogens with zero attached hydrogens (tertiary/aromatic N) is 3. The van der Waals surface area contributed by atoms with Gasteiger partial charge in [0.15, 0.2) is 0 Å². The quantitative estimate of drug-likeness (QED) is 0.593. The van der Waals surface area contributed by atoms with E-state index in [1.807, 2.05) is 55.4 Å². The molecule has 0 bridgehead atoms. The van der Waals surface area contributed by atoms with Gasteiger partial charge in [-0.2, -0.15) is 5.11 Å². The Morgan fingerprint density at radius 2 is 1.75 bits per heavy atom. The third-order valence-corrected chi connectivity index (χ3v) is 3.60. The number of unbranched alkanes of at least 4 members (excludes halogenated alkanes) is 1. The number of anilines is 1. The average Bonchev–Trinajstić information content (AvgIpc) is 2.60. The Kier molecular flexibility index (Phi) is 6.49. The number of hydrogen-bond acceptors (Lipinski definition) is 4. The Balaban J connectivity index is 2.13. The summed E-state index contributed by atoms with van der Waals surface area (Å²) < 4.78 is 0. The van der Waals surface area contributed by atoms with Crippen molar-refractivity contribution in [1.29, 1.82) is 0 Å². The van der Waals surface area contributed by atoms with Crippen molar-refractivity contribution in [3.8, 4) is 0 Å². The second-order valence-electron chi connectivity index (χ2n) is 5.74. The Morgan fingerprint density at radius 3 is 2.42 bits per heavy atom. The molecule has 0 aromatic heterocycles. The Morgan fingerprint density at radius 1 is 1.04 bits per heavy atom. The van der Waals surface area contributed by atoms with Gasteiger partial charge in [0.2, 0.25) is 0 Å². The molecule has 5 heteroatoms. The highest BCUT2D eigenvalue weighted by atomic mass is 16.1. The molecule has 24 heavy (non-hydrogen) atoms. The highest BCUT2D eigenvalue weighted by Gasteiger charge is 2.09. The van der Waals surface area contributed by atoms with Crippen LogP contribution in [0.2, 0.25) is 0 Å². The standard InChI is InChI=1S/C19H24N4O/c1-4-5-14-20-19(24)17-8-6-7-9-18(17)22-21-15-10-12-16(13-11-15)23(2)3/h6-13H,4-5,14H2,1-3H3,(H,20,24)/b22-21+. The molecular weight excluding hydrogens is 300 g/mol. The van der Waals surface area contributed by atoms with Crippen molar-refractivity contribution in [2.45, 2.75) is 19.8 Å². The van der Waals surface area contributed by atoms with Crippen LogP contribution in [0.5, 0.6) is 0 Å². The molecule has 126 valence electrons. The molecule has 0 saturated heterocycles. The number of amides is 1. The normalized spacial score (nSPS) is 10.8. The van der Waals surface area contributed by atoms with Gasteiger partial charge >= 0.3 is 0 Å². The monoisotopic (exact) mass is 324 g/mol. The molecule has 0 aliphatic heterocycles. The van der Waals surface area contributed by atoms with Crippen molar-refractivity contribution < 1.29 is 4.79 Å². The van der Waals surface area contributed by atoms with E-state index in [1.165, 1.54) is 0 Å². The Hall–Kier alpha value is -2.69. The van der Waals surface area contributed by atoms with E-state index in [1.54, 1.807) is 12.1 Å². The van der Waals surface area contributed by atoms with Crippen molar-refractivity contribution in [2.75, 3.05) is 25.5 Å². The van der Waals surface area contributed by atoms with Gasteiger partial charge in [-0.1, -0.05) is 25.5 Å². The summed E-state index contributed by atoms with van der Waals surface area (Å²) in [5, 5.41) is 11.4. The summed E-state index contributed by atoms with van der Waals surface area (Å²) in [5.41, 5.74) is 2.97. The van der Waals surface area contributed by atoms with Gasteiger partial charge in [-0.3, -0.25) is 4.79 Å². The first-order valence-corrected chi connectivity index (χ1v) is 8.18. The zero-order valence-corrected chi connectivity index (χ0v) is 14.5.